The Balaban J connectivity index is 1.78. The van der Waals surface area contributed by atoms with Gasteiger partial charge in [-0.25, -0.2) is 9.78 Å². The SMILES string of the molecule is C[C@H](O)CNC(=O)COc1ccc(-c2nc3c([nH]2)c(=O)n(C)c(=O)n3C)cc1. The van der Waals surface area contributed by atoms with E-state index < -0.39 is 17.4 Å². The van der Waals surface area contributed by atoms with Gasteiger partial charge in [-0.05, 0) is 31.2 Å². The fourth-order valence-electron chi connectivity index (χ4n) is 2.63. The number of amides is 1. The number of aromatic amines is 1. The molecule has 10 nitrogen and oxygen atoms in total. The number of carbonyl (C=O) groups is 1. The van der Waals surface area contributed by atoms with Crippen LogP contribution >= 0.6 is 0 Å². The van der Waals surface area contributed by atoms with Crippen LogP contribution in [0.3, 0.4) is 0 Å². The topological polar surface area (TPSA) is 131 Å². The highest BCUT2D eigenvalue weighted by Gasteiger charge is 2.14. The van der Waals surface area contributed by atoms with E-state index >= 15 is 0 Å². The molecule has 10 heteroatoms. The molecule has 3 N–H and O–H groups in total. The van der Waals surface area contributed by atoms with Gasteiger partial charge in [-0.3, -0.25) is 18.7 Å². The highest BCUT2D eigenvalue weighted by atomic mass is 16.5. The Labute approximate surface area is 159 Å². The van der Waals surface area contributed by atoms with Gasteiger partial charge in [0.25, 0.3) is 11.5 Å². The molecular weight excluding hydrogens is 366 g/mol. The minimum absolute atomic E-state index is 0.162. The number of aromatic nitrogens is 4. The summed E-state index contributed by atoms with van der Waals surface area (Å²) < 4.78 is 7.72. The van der Waals surface area contributed by atoms with Crippen LogP contribution in [-0.2, 0) is 18.9 Å². The molecule has 0 bridgehead atoms. The lowest BCUT2D eigenvalue weighted by Gasteiger charge is -2.09. The molecule has 3 aromatic rings. The zero-order chi connectivity index (χ0) is 20.4. The lowest BCUT2D eigenvalue weighted by Crippen LogP contribution is -2.36. The van der Waals surface area contributed by atoms with Gasteiger partial charge in [-0.1, -0.05) is 0 Å². The van der Waals surface area contributed by atoms with Crippen molar-refractivity contribution in [3.05, 3.63) is 45.1 Å². The fraction of sp³-hybridized carbons (Fsp3) is 0.333. The second-order valence-corrected chi connectivity index (χ2v) is 6.46. The Morgan fingerprint density at radius 1 is 1.25 bits per heavy atom. The summed E-state index contributed by atoms with van der Waals surface area (Å²) in [4.78, 5) is 43.2. The van der Waals surface area contributed by atoms with Gasteiger partial charge >= 0.3 is 5.69 Å². The summed E-state index contributed by atoms with van der Waals surface area (Å²) in [6.07, 6.45) is -0.622. The quantitative estimate of drug-likeness (QED) is 0.523. The van der Waals surface area contributed by atoms with Crippen LogP contribution in [0.1, 0.15) is 6.92 Å². The number of fused-ring (bicyclic) bond motifs is 1. The standard InChI is InChI=1S/C18H21N5O5/c1-10(24)8-19-13(25)9-28-12-6-4-11(5-7-12)15-20-14-16(21-15)22(2)18(27)23(3)17(14)26/h4-7,10,24H,8-9H2,1-3H3,(H,19,25)(H,20,21)/t10-/m0/s1. The Morgan fingerprint density at radius 2 is 1.93 bits per heavy atom. The molecule has 0 aliphatic rings. The van der Waals surface area contributed by atoms with E-state index in [1.54, 1.807) is 38.2 Å². The first kappa shape index (κ1) is 19.4. The second kappa shape index (κ2) is 7.69. The van der Waals surface area contributed by atoms with Gasteiger partial charge < -0.3 is 20.1 Å². The summed E-state index contributed by atoms with van der Waals surface area (Å²) in [5.74, 6) is 0.587. The second-order valence-electron chi connectivity index (χ2n) is 6.46. The number of hydrogen-bond donors (Lipinski definition) is 3. The van der Waals surface area contributed by atoms with Crippen molar-refractivity contribution in [1.82, 2.24) is 24.4 Å². The van der Waals surface area contributed by atoms with E-state index in [1.807, 2.05) is 0 Å². The third kappa shape index (κ3) is 3.81. The maximum absolute atomic E-state index is 12.2. The molecule has 1 aromatic carbocycles. The molecule has 1 amide bonds. The highest BCUT2D eigenvalue weighted by Crippen LogP contribution is 2.21. The maximum atomic E-state index is 12.2. The van der Waals surface area contributed by atoms with Gasteiger partial charge in [0.1, 0.15) is 17.1 Å². The van der Waals surface area contributed by atoms with Crippen molar-refractivity contribution in [2.24, 2.45) is 14.1 Å². The molecule has 0 aliphatic carbocycles. The minimum atomic E-state index is -0.622. The number of ether oxygens (including phenoxy) is 1. The number of rotatable bonds is 6. The van der Waals surface area contributed by atoms with E-state index in [0.29, 0.717) is 17.1 Å². The number of carbonyl (C=O) groups excluding carboxylic acids is 1. The summed E-state index contributed by atoms with van der Waals surface area (Å²) in [7, 11) is 2.96. The molecule has 0 radical (unpaired) electrons. The number of nitrogens with zero attached hydrogens (tertiary/aromatic N) is 3. The number of hydrogen-bond acceptors (Lipinski definition) is 6. The average Bonchev–Trinajstić information content (AvgIpc) is 3.13. The molecule has 2 aromatic heterocycles. The van der Waals surface area contributed by atoms with Crippen LogP contribution in [0.4, 0.5) is 0 Å². The molecule has 28 heavy (non-hydrogen) atoms. The summed E-state index contributed by atoms with van der Waals surface area (Å²) >= 11 is 0. The first-order valence-electron chi connectivity index (χ1n) is 8.61. The lowest BCUT2D eigenvalue weighted by molar-refractivity contribution is -0.123. The predicted octanol–water partition coefficient (Wildman–Crippen LogP) is -0.497. The van der Waals surface area contributed by atoms with Crippen LogP contribution in [0.5, 0.6) is 5.75 Å². The van der Waals surface area contributed by atoms with Crippen molar-refractivity contribution in [3.63, 3.8) is 0 Å². The average molecular weight is 387 g/mol. The number of aliphatic hydroxyl groups is 1. The van der Waals surface area contributed by atoms with Crippen LogP contribution in [-0.4, -0.2) is 49.4 Å². The molecule has 0 unspecified atom stereocenters. The van der Waals surface area contributed by atoms with Gasteiger partial charge in [0, 0.05) is 26.2 Å². The molecular formula is C18H21N5O5. The number of H-pyrrole nitrogens is 1. The lowest BCUT2D eigenvalue weighted by atomic mass is 10.2. The summed E-state index contributed by atoms with van der Waals surface area (Å²) in [5, 5.41) is 11.7. The molecule has 3 rings (SSSR count). The van der Waals surface area contributed by atoms with Crippen molar-refractivity contribution in [1.29, 1.82) is 0 Å². The third-order valence-electron chi connectivity index (χ3n) is 4.19. The maximum Gasteiger partial charge on any atom is 0.332 e. The smallest absolute Gasteiger partial charge is 0.332 e. The summed E-state index contributed by atoms with van der Waals surface area (Å²) in [5.41, 5.74) is 0.317. The van der Waals surface area contributed by atoms with Crippen molar-refractivity contribution in [3.8, 4) is 17.1 Å². The van der Waals surface area contributed by atoms with E-state index in [2.05, 4.69) is 15.3 Å². The van der Waals surface area contributed by atoms with Crippen molar-refractivity contribution >= 4 is 17.1 Å². The Hall–Kier alpha value is -3.40. The summed E-state index contributed by atoms with van der Waals surface area (Å²) in [6.45, 7) is 1.57. The van der Waals surface area contributed by atoms with E-state index in [-0.39, 0.29) is 30.2 Å². The normalized spacial score (nSPS) is 12.1. The third-order valence-corrected chi connectivity index (χ3v) is 4.19. The van der Waals surface area contributed by atoms with Gasteiger partial charge in [-0.15, -0.1) is 0 Å². The van der Waals surface area contributed by atoms with Gasteiger partial charge in [-0.2, -0.15) is 0 Å². The monoisotopic (exact) mass is 387 g/mol. The predicted molar refractivity (Wildman–Crippen MR) is 102 cm³/mol. The van der Waals surface area contributed by atoms with E-state index in [9.17, 15) is 14.4 Å². The Morgan fingerprint density at radius 3 is 2.57 bits per heavy atom. The van der Waals surface area contributed by atoms with Crippen molar-refractivity contribution in [2.45, 2.75) is 13.0 Å². The molecule has 2 heterocycles. The van der Waals surface area contributed by atoms with Gasteiger partial charge in [0.15, 0.2) is 12.3 Å². The van der Waals surface area contributed by atoms with E-state index in [4.69, 9.17) is 9.84 Å². The van der Waals surface area contributed by atoms with Crippen LogP contribution in [0.2, 0.25) is 0 Å². The molecule has 0 fully saturated rings. The van der Waals surface area contributed by atoms with Crippen LogP contribution < -0.4 is 21.3 Å². The molecule has 148 valence electrons. The number of aryl methyl sites for hydroxylation is 1. The molecule has 0 spiro atoms. The van der Waals surface area contributed by atoms with Gasteiger partial charge in [0.2, 0.25) is 0 Å². The van der Waals surface area contributed by atoms with Crippen LogP contribution in [0.25, 0.3) is 22.6 Å². The van der Waals surface area contributed by atoms with E-state index in [0.717, 1.165) is 4.57 Å². The van der Waals surface area contributed by atoms with Crippen molar-refractivity contribution in [2.75, 3.05) is 13.2 Å². The first-order valence-corrected chi connectivity index (χ1v) is 8.61. The number of aliphatic hydroxyl groups excluding tert-OH is 1. The zero-order valence-corrected chi connectivity index (χ0v) is 15.7. The van der Waals surface area contributed by atoms with E-state index in [1.165, 1.54) is 11.6 Å². The molecule has 1 atom stereocenters. The van der Waals surface area contributed by atoms with Gasteiger partial charge in [0.05, 0.1) is 6.10 Å². The molecule has 0 aliphatic heterocycles. The van der Waals surface area contributed by atoms with Crippen molar-refractivity contribution < 1.29 is 14.6 Å². The Kier molecular flexibility index (Phi) is 5.32. The highest BCUT2D eigenvalue weighted by molar-refractivity contribution is 5.77. The molecule has 0 saturated carbocycles. The van der Waals surface area contributed by atoms with Crippen LogP contribution in [0.15, 0.2) is 33.9 Å². The number of benzene rings is 1. The zero-order valence-electron chi connectivity index (χ0n) is 15.7. The van der Waals surface area contributed by atoms with Crippen LogP contribution in [0, 0.1) is 0 Å². The summed E-state index contributed by atoms with van der Waals surface area (Å²) in [6, 6.07) is 6.79. The fourth-order valence-corrected chi connectivity index (χ4v) is 2.63. The Bertz CT molecular complexity index is 1120. The first-order chi connectivity index (χ1) is 13.3. The number of nitrogens with one attached hydrogen (secondary N) is 2. The largest absolute Gasteiger partial charge is 0.484 e. The minimum Gasteiger partial charge on any atom is -0.484 e. The molecule has 0 saturated heterocycles. The number of imidazole rings is 1.